The van der Waals surface area contributed by atoms with Crippen molar-refractivity contribution >= 4 is 5.78 Å². The molecule has 0 saturated carbocycles. The summed E-state index contributed by atoms with van der Waals surface area (Å²) in [5, 5.41) is 3.43. The van der Waals surface area contributed by atoms with E-state index in [2.05, 4.69) is 31.3 Å². The minimum absolute atomic E-state index is 0.292. The number of piperidine rings is 1. The molecule has 0 aliphatic carbocycles. The van der Waals surface area contributed by atoms with Crippen molar-refractivity contribution in [2.24, 2.45) is 11.8 Å². The molecule has 0 radical (unpaired) electrons. The number of rotatable bonds is 5. The van der Waals surface area contributed by atoms with Crippen LogP contribution in [0.15, 0.2) is 24.3 Å². The first-order valence-electron chi connectivity index (χ1n) is 7.53. The molecule has 1 aliphatic heterocycles. The lowest BCUT2D eigenvalue weighted by atomic mass is 9.83. The third kappa shape index (κ3) is 3.90. The largest absolute Gasteiger partial charge is 0.316 e. The summed E-state index contributed by atoms with van der Waals surface area (Å²) in [7, 11) is 0. The van der Waals surface area contributed by atoms with Crippen molar-refractivity contribution in [3.8, 4) is 0 Å². The van der Waals surface area contributed by atoms with Gasteiger partial charge in [-0.15, -0.1) is 0 Å². The lowest BCUT2D eigenvalue weighted by Crippen LogP contribution is -2.34. The maximum atomic E-state index is 12.3. The van der Waals surface area contributed by atoms with Crippen molar-refractivity contribution in [3.63, 3.8) is 0 Å². The van der Waals surface area contributed by atoms with Crippen LogP contribution in [0.5, 0.6) is 0 Å². The number of carbonyl (C=O) groups is 1. The summed E-state index contributed by atoms with van der Waals surface area (Å²) in [5.41, 5.74) is 2.16. The second-order valence-electron chi connectivity index (χ2n) is 5.76. The smallest absolute Gasteiger partial charge is 0.163 e. The Morgan fingerprint density at radius 1 is 1.37 bits per heavy atom. The van der Waals surface area contributed by atoms with Gasteiger partial charge in [-0.3, -0.25) is 4.79 Å². The summed E-state index contributed by atoms with van der Waals surface area (Å²) in [4.78, 5) is 12.3. The van der Waals surface area contributed by atoms with Gasteiger partial charge in [-0.05, 0) is 49.8 Å². The second-order valence-corrected chi connectivity index (χ2v) is 5.76. The maximum absolute atomic E-state index is 12.3. The Labute approximate surface area is 116 Å². The van der Waals surface area contributed by atoms with E-state index in [1.54, 1.807) is 0 Å². The molecule has 1 saturated heterocycles. The normalized spacial score (nSPS) is 21.1. The summed E-state index contributed by atoms with van der Waals surface area (Å²) in [6.07, 6.45) is 4.21. The highest BCUT2D eigenvalue weighted by molar-refractivity contribution is 5.96. The molecular formula is C17H25NO. The molecule has 2 unspecified atom stereocenters. The Morgan fingerprint density at radius 2 is 2.11 bits per heavy atom. The lowest BCUT2D eigenvalue weighted by molar-refractivity contribution is 0.0943. The van der Waals surface area contributed by atoms with Crippen LogP contribution in [0.3, 0.4) is 0 Å². The molecule has 0 bridgehead atoms. The van der Waals surface area contributed by atoms with E-state index in [1.807, 2.05) is 12.1 Å². The molecule has 1 fully saturated rings. The quantitative estimate of drug-likeness (QED) is 0.821. The zero-order chi connectivity index (χ0) is 13.7. The number of hydrogen-bond donors (Lipinski definition) is 1. The number of benzene rings is 1. The van der Waals surface area contributed by atoms with E-state index >= 15 is 0 Å². The molecule has 19 heavy (non-hydrogen) atoms. The van der Waals surface area contributed by atoms with E-state index in [-0.39, 0.29) is 0 Å². The van der Waals surface area contributed by atoms with Crippen LogP contribution in [0.2, 0.25) is 0 Å². The van der Waals surface area contributed by atoms with Gasteiger partial charge in [0.2, 0.25) is 0 Å². The Kier molecular flexibility index (Phi) is 5.15. The third-order valence-corrected chi connectivity index (χ3v) is 4.33. The van der Waals surface area contributed by atoms with Gasteiger partial charge in [0, 0.05) is 12.0 Å². The molecule has 1 aromatic rings. The molecule has 2 atom stereocenters. The first kappa shape index (κ1) is 14.3. The Balaban J connectivity index is 1.91. The van der Waals surface area contributed by atoms with Crippen molar-refractivity contribution in [3.05, 3.63) is 35.4 Å². The molecule has 1 aromatic carbocycles. The van der Waals surface area contributed by atoms with Gasteiger partial charge < -0.3 is 5.32 Å². The fraction of sp³-hybridized carbons (Fsp3) is 0.588. The van der Waals surface area contributed by atoms with Crippen molar-refractivity contribution in [2.45, 2.75) is 39.5 Å². The molecule has 0 aromatic heterocycles. The number of carbonyl (C=O) groups excluding carboxylic acids is 1. The predicted molar refractivity (Wildman–Crippen MR) is 79.5 cm³/mol. The van der Waals surface area contributed by atoms with Crippen LogP contribution in [0.25, 0.3) is 0 Å². The van der Waals surface area contributed by atoms with Gasteiger partial charge >= 0.3 is 0 Å². The molecule has 2 heteroatoms. The van der Waals surface area contributed by atoms with Gasteiger partial charge in [0.1, 0.15) is 0 Å². The van der Waals surface area contributed by atoms with Gasteiger partial charge in [0.05, 0.1) is 0 Å². The summed E-state index contributed by atoms with van der Waals surface area (Å²) in [6, 6.07) is 8.10. The summed E-state index contributed by atoms with van der Waals surface area (Å²) < 4.78 is 0. The van der Waals surface area contributed by atoms with Crippen LogP contribution >= 0.6 is 0 Å². The number of Topliss-reactive ketones (excluding diaryl/α,β-unsaturated/α-hetero) is 1. The monoisotopic (exact) mass is 259 g/mol. The topological polar surface area (TPSA) is 29.1 Å². The van der Waals surface area contributed by atoms with E-state index in [1.165, 1.54) is 18.4 Å². The van der Waals surface area contributed by atoms with Crippen molar-refractivity contribution in [2.75, 3.05) is 13.1 Å². The van der Waals surface area contributed by atoms with E-state index in [0.717, 1.165) is 25.1 Å². The Bertz CT molecular complexity index is 404. The van der Waals surface area contributed by atoms with Crippen molar-refractivity contribution in [1.29, 1.82) is 0 Å². The number of aryl methyl sites for hydroxylation is 1. The minimum Gasteiger partial charge on any atom is -0.316 e. The highest BCUT2D eigenvalue weighted by Gasteiger charge is 2.22. The molecule has 0 spiro atoms. The number of ketones is 1. The number of hydrogen-bond acceptors (Lipinski definition) is 2. The van der Waals surface area contributed by atoms with Gasteiger partial charge in [0.25, 0.3) is 0 Å². The van der Waals surface area contributed by atoms with Crippen LogP contribution in [0.4, 0.5) is 0 Å². The van der Waals surface area contributed by atoms with Crippen molar-refractivity contribution < 1.29 is 4.79 Å². The fourth-order valence-electron chi connectivity index (χ4n) is 2.87. The highest BCUT2D eigenvalue weighted by Crippen LogP contribution is 2.24. The Hall–Kier alpha value is -1.15. The standard InChI is InChI=1S/C17H25NO/c1-3-14-6-8-15(9-7-14)17(19)11-13(2)16-5-4-10-18-12-16/h6-9,13,16,18H,3-5,10-12H2,1-2H3. The van der Waals surface area contributed by atoms with E-state index in [4.69, 9.17) is 0 Å². The molecule has 1 heterocycles. The van der Waals surface area contributed by atoms with Gasteiger partial charge in [-0.2, -0.15) is 0 Å². The van der Waals surface area contributed by atoms with E-state index < -0.39 is 0 Å². The average Bonchev–Trinajstić information content (AvgIpc) is 2.48. The summed E-state index contributed by atoms with van der Waals surface area (Å²) >= 11 is 0. The molecule has 2 rings (SSSR count). The van der Waals surface area contributed by atoms with Crippen LogP contribution in [-0.2, 0) is 6.42 Å². The molecule has 1 N–H and O–H groups in total. The van der Waals surface area contributed by atoms with Crippen molar-refractivity contribution in [1.82, 2.24) is 5.32 Å². The Morgan fingerprint density at radius 3 is 2.68 bits per heavy atom. The zero-order valence-corrected chi connectivity index (χ0v) is 12.1. The SMILES string of the molecule is CCc1ccc(C(=O)CC(C)C2CCCNC2)cc1. The fourth-order valence-corrected chi connectivity index (χ4v) is 2.87. The second kappa shape index (κ2) is 6.85. The van der Waals surface area contributed by atoms with E-state index in [9.17, 15) is 4.79 Å². The van der Waals surface area contributed by atoms with Crippen LogP contribution in [-0.4, -0.2) is 18.9 Å². The zero-order valence-electron chi connectivity index (χ0n) is 12.1. The van der Waals surface area contributed by atoms with Gasteiger partial charge in [-0.1, -0.05) is 38.1 Å². The predicted octanol–water partition coefficient (Wildman–Crippen LogP) is 3.46. The van der Waals surface area contributed by atoms with Crippen LogP contribution < -0.4 is 5.32 Å². The first-order valence-corrected chi connectivity index (χ1v) is 7.53. The van der Waals surface area contributed by atoms with Crippen LogP contribution in [0, 0.1) is 11.8 Å². The molecular weight excluding hydrogens is 234 g/mol. The first-order chi connectivity index (χ1) is 9.20. The third-order valence-electron chi connectivity index (χ3n) is 4.33. The average molecular weight is 259 g/mol. The maximum Gasteiger partial charge on any atom is 0.163 e. The minimum atomic E-state index is 0.292. The molecule has 2 nitrogen and oxygen atoms in total. The summed E-state index contributed by atoms with van der Waals surface area (Å²) in [5.74, 6) is 1.43. The molecule has 1 aliphatic rings. The number of nitrogens with one attached hydrogen (secondary N) is 1. The molecule has 104 valence electrons. The highest BCUT2D eigenvalue weighted by atomic mass is 16.1. The van der Waals surface area contributed by atoms with Crippen LogP contribution in [0.1, 0.15) is 49.0 Å². The van der Waals surface area contributed by atoms with Gasteiger partial charge in [-0.25, -0.2) is 0 Å². The lowest BCUT2D eigenvalue weighted by Gasteiger charge is -2.28. The molecule has 0 amide bonds. The van der Waals surface area contributed by atoms with E-state index in [0.29, 0.717) is 24.0 Å². The summed E-state index contributed by atoms with van der Waals surface area (Å²) in [6.45, 7) is 6.56. The van der Waals surface area contributed by atoms with Gasteiger partial charge in [0.15, 0.2) is 5.78 Å².